The molecule has 4 rings (SSSR count). The fraction of sp³-hybridized carbons (Fsp3) is 0.190. The third kappa shape index (κ3) is 4.06. The van der Waals surface area contributed by atoms with Gasteiger partial charge in [-0.1, -0.05) is 60.7 Å². The lowest BCUT2D eigenvalue weighted by molar-refractivity contribution is 0.785. The maximum absolute atomic E-state index is 4.67. The van der Waals surface area contributed by atoms with E-state index in [0.717, 1.165) is 29.8 Å². The molecule has 0 spiro atoms. The molecular formula is C21H22N6. The van der Waals surface area contributed by atoms with Crippen LogP contribution in [0.2, 0.25) is 0 Å². The van der Waals surface area contributed by atoms with Crippen molar-refractivity contribution in [1.29, 1.82) is 0 Å². The van der Waals surface area contributed by atoms with Crippen molar-refractivity contribution in [3.05, 3.63) is 78.0 Å². The molecule has 0 atom stereocenters. The Morgan fingerprint density at radius 2 is 1.56 bits per heavy atom. The number of benzene rings is 2. The molecule has 0 unspecified atom stereocenters. The quantitative estimate of drug-likeness (QED) is 0.528. The van der Waals surface area contributed by atoms with Gasteiger partial charge in [-0.15, -0.1) is 0 Å². The van der Waals surface area contributed by atoms with Crippen LogP contribution in [0.25, 0.3) is 11.0 Å². The van der Waals surface area contributed by atoms with Crippen LogP contribution in [-0.4, -0.2) is 26.3 Å². The highest BCUT2D eigenvalue weighted by Crippen LogP contribution is 2.22. The summed E-state index contributed by atoms with van der Waals surface area (Å²) in [5.41, 5.74) is 3.29. The summed E-state index contributed by atoms with van der Waals surface area (Å²) in [6.45, 7) is 1.47. The van der Waals surface area contributed by atoms with Crippen LogP contribution in [0, 0.1) is 0 Å². The van der Waals surface area contributed by atoms with Gasteiger partial charge in [0.2, 0.25) is 5.95 Å². The first-order valence-corrected chi connectivity index (χ1v) is 9.05. The molecule has 0 aliphatic heterocycles. The molecule has 4 aromatic rings. The predicted octanol–water partition coefficient (Wildman–Crippen LogP) is 3.63. The Labute approximate surface area is 158 Å². The molecule has 6 heteroatoms. The molecule has 2 heterocycles. The first-order chi connectivity index (χ1) is 13.3. The largest absolute Gasteiger partial charge is 0.365 e. The van der Waals surface area contributed by atoms with Crippen molar-refractivity contribution >= 4 is 22.8 Å². The van der Waals surface area contributed by atoms with E-state index < -0.39 is 0 Å². The van der Waals surface area contributed by atoms with E-state index in [1.165, 1.54) is 11.1 Å². The third-order valence-corrected chi connectivity index (χ3v) is 4.43. The van der Waals surface area contributed by atoms with E-state index >= 15 is 0 Å². The summed E-state index contributed by atoms with van der Waals surface area (Å²) in [6.07, 6.45) is 2.72. The topological polar surface area (TPSA) is 67.7 Å². The Hall–Kier alpha value is -3.41. The average molecular weight is 358 g/mol. The smallest absolute Gasteiger partial charge is 0.226 e. The van der Waals surface area contributed by atoms with Gasteiger partial charge in [-0.25, -0.2) is 0 Å². The van der Waals surface area contributed by atoms with Crippen LogP contribution < -0.4 is 10.6 Å². The molecule has 6 nitrogen and oxygen atoms in total. The number of aryl methyl sites for hydroxylation is 1. The number of fused-ring (bicyclic) bond motifs is 1. The zero-order valence-electron chi connectivity index (χ0n) is 15.3. The van der Waals surface area contributed by atoms with Gasteiger partial charge in [0.05, 0.1) is 11.6 Å². The van der Waals surface area contributed by atoms with Crippen LogP contribution in [0.4, 0.5) is 11.8 Å². The number of rotatable bonds is 7. The van der Waals surface area contributed by atoms with Gasteiger partial charge in [0.15, 0.2) is 5.65 Å². The maximum Gasteiger partial charge on any atom is 0.226 e. The highest BCUT2D eigenvalue weighted by molar-refractivity contribution is 5.87. The van der Waals surface area contributed by atoms with Crippen molar-refractivity contribution in [2.24, 2.45) is 7.05 Å². The SMILES string of the molecule is Cn1ncc2c(NCc3ccccc3)nc(NCCc3ccccc3)nc21. The normalized spacial score (nSPS) is 10.9. The molecule has 0 saturated carbocycles. The molecule has 0 radical (unpaired) electrons. The van der Waals surface area contributed by atoms with E-state index in [4.69, 9.17) is 0 Å². The van der Waals surface area contributed by atoms with Gasteiger partial charge < -0.3 is 10.6 Å². The first-order valence-electron chi connectivity index (χ1n) is 9.05. The summed E-state index contributed by atoms with van der Waals surface area (Å²) >= 11 is 0. The standard InChI is InChI=1S/C21H22N6/c1-27-20-18(15-24-27)19(23-14-17-10-6-3-7-11-17)25-21(26-20)22-13-12-16-8-4-2-5-9-16/h2-11,15H,12-14H2,1H3,(H2,22,23,25,26). The second-order valence-corrected chi connectivity index (χ2v) is 6.40. The van der Waals surface area contributed by atoms with Gasteiger partial charge in [0.25, 0.3) is 0 Å². The Morgan fingerprint density at radius 3 is 2.30 bits per heavy atom. The van der Waals surface area contributed by atoms with Crippen molar-refractivity contribution in [2.75, 3.05) is 17.2 Å². The van der Waals surface area contributed by atoms with E-state index in [2.05, 4.69) is 62.1 Å². The van der Waals surface area contributed by atoms with Gasteiger partial charge in [0.1, 0.15) is 5.82 Å². The molecular weight excluding hydrogens is 336 g/mol. The van der Waals surface area contributed by atoms with Gasteiger partial charge in [-0.2, -0.15) is 15.1 Å². The number of nitrogens with zero attached hydrogens (tertiary/aromatic N) is 4. The Balaban J connectivity index is 1.51. The molecule has 2 aromatic carbocycles. The zero-order valence-corrected chi connectivity index (χ0v) is 15.3. The summed E-state index contributed by atoms with van der Waals surface area (Å²) in [5.74, 6) is 1.40. The molecule has 0 aliphatic carbocycles. The van der Waals surface area contributed by atoms with Crippen molar-refractivity contribution in [1.82, 2.24) is 19.7 Å². The highest BCUT2D eigenvalue weighted by atomic mass is 15.3. The second kappa shape index (κ2) is 7.86. The fourth-order valence-corrected chi connectivity index (χ4v) is 2.98. The minimum Gasteiger partial charge on any atom is -0.365 e. The van der Waals surface area contributed by atoms with Crippen molar-refractivity contribution < 1.29 is 0 Å². The fourth-order valence-electron chi connectivity index (χ4n) is 2.98. The lowest BCUT2D eigenvalue weighted by atomic mass is 10.1. The molecule has 0 aliphatic rings. The van der Waals surface area contributed by atoms with Crippen molar-refractivity contribution in [2.45, 2.75) is 13.0 Å². The van der Waals surface area contributed by atoms with Crippen LogP contribution in [-0.2, 0) is 20.0 Å². The Kier molecular flexibility index (Phi) is 4.96. The molecule has 2 N–H and O–H groups in total. The molecule has 0 saturated heterocycles. The highest BCUT2D eigenvalue weighted by Gasteiger charge is 2.11. The second-order valence-electron chi connectivity index (χ2n) is 6.40. The maximum atomic E-state index is 4.67. The summed E-state index contributed by atoms with van der Waals surface area (Å²) < 4.78 is 1.77. The van der Waals surface area contributed by atoms with Crippen LogP contribution in [0.5, 0.6) is 0 Å². The summed E-state index contributed by atoms with van der Waals surface area (Å²) in [5, 5.41) is 12.0. The van der Waals surface area contributed by atoms with Gasteiger partial charge >= 0.3 is 0 Å². The number of nitrogens with one attached hydrogen (secondary N) is 2. The van der Waals surface area contributed by atoms with Crippen LogP contribution in [0.3, 0.4) is 0 Å². The third-order valence-electron chi connectivity index (χ3n) is 4.43. The predicted molar refractivity (Wildman–Crippen MR) is 109 cm³/mol. The Morgan fingerprint density at radius 1 is 0.852 bits per heavy atom. The van der Waals surface area contributed by atoms with Crippen LogP contribution >= 0.6 is 0 Å². The molecule has 136 valence electrons. The van der Waals surface area contributed by atoms with E-state index in [0.29, 0.717) is 12.5 Å². The molecule has 0 bridgehead atoms. The van der Waals surface area contributed by atoms with Gasteiger partial charge in [0, 0.05) is 20.1 Å². The molecule has 0 fully saturated rings. The van der Waals surface area contributed by atoms with Crippen molar-refractivity contribution in [3.8, 4) is 0 Å². The number of aromatic nitrogens is 4. The monoisotopic (exact) mass is 358 g/mol. The number of anilines is 2. The minimum absolute atomic E-state index is 0.609. The van der Waals surface area contributed by atoms with E-state index in [9.17, 15) is 0 Å². The minimum atomic E-state index is 0.609. The summed E-state index contributed by atoms with van der Waals surface area (Å²) in [7, 11) is 1.89. The Bertz CT molecular complexity index is 1010. The van der Waals surface area contributed by atoms with Gasteiger partial charge in [-0.3, -0.25) is 4.68 Å². The van der Waals surface area contributed by atoms with Crippen LogP contribution in [0.1, 0.15) is 11.1 Å². The number of hydrogen-bond donors (Lipinski definition) is 2. The lowest BCUT2D eigenvalue weighted by Gasteiger charge is -2.10. The first kappa shape index (κ1) is 17.0. The van der Waals surface area contributed by atoms with Gasteiger partial charge in [-0.05, 0) is 17.5 Å². The summed E-state index contributed by atoms with van der Waals surface area (Å²) in [6, 6.07) is 20.7. The molecule has 2 aromatic heterocycles. The lowest BCUT2D eigenvalue weighted by Crippen LogP contribution is -2.11. The van der Waals surface area contributed by atoms with E-state index in [-0.39, 0.29) is 0 Å². The van der Waals surface area contributed by atoms with Crippen molar-refractivity contribution in [3.63, 3.8) is 0 Å². The summed E-state index contributed by atoms with van der Waals surface area (Å²) in [4.78, 5) is 9.29. The average Bonchev–Trinajstić information content (AvgIpc) is 3.09. The number of hydrogen-bond acceptors (Lipinski definition) is 5. The van der Waals surface area contributed by atoms with Crippen LogP contribution in [0.15, 0.2) is 66.9 Å². The zero-order chi connectivity index (χ0) is 18.5. The van der Waals surface area contributed by atoms with E-state index in [1.807, 2.05) is 31.3 Å². The van der Waals surface area contributed by atoms with E-state index in [1.54, 1.807) is 10.9 Å². The molecule has 27 heavy (non-hydrogen) atoms. The molecule has 0 amide bonds.